The van der Waals surface area contributed by atoms with Crippen molar-refractivity contribution in [3.63, 3.8) is 0 Å². The normalized spacial score (nSPS) is 13.0. The van der Waals surface area contributed by atoms with Gasteiger partial charge in [0.25, 0.3) is 0 Å². The SMILES string of the molecule is C=CCOC(=O)C[C@H](C(=O)O)N(C)C(=O)OCC1c2ccccc2-c2ccccc21. The van der Waals surface area contributed by atoms with Gasteiger partial charge in [0.2, 0.25) is 0 Å². The van der Waals surface area contributed by atoms with Gasteiger partial charge in [-0.25, -0.2) is 9.59 Å². The number of hydrogen-bond donors (Lipinski definition) is 1. The molecule has 1 amide bonds. The number of hydrogen-bond acceptors (Lipinski definition) is 5. The Morgan fingerprint density at radius 3 is 2.17 bits per heavy atom. The lowest BCUT2D eigenvalue weighted by molar-refractivity contribution is -0.151. The summed E-state index contributed by atoms with van der Waals surface area (Å²) in [5, 5.41) is 9.43. The molecule has 1 aliphatic rings. The molecule has 0 saturated heterocycles. The van der Waals surface area contributed by atoms with E-state index < -0.39 is 30.5 Å². The van der Waals surface area contributed by atoms with E-state index in [1.165, 1.54) is 13.1 Å². The minimum Gasteiger partial charge on any atom is -0.480 e. The van der Waals surface area contributed by atoms with Crippen LogP contribution in [0.1, 0.15) is 23.5 Å². The van der Waals surface area contributed by atoms with Crippen molar-refractivity contribution in [2.45, 2.75) is 18.4 Å². The predicted octanol–water partition coefficient (Wildman–Crippen LogP) is 3.44. The number of carbonyl (C=O) groups excluding carboxylic acids is 2. The molecule has 7 heteroatoms. The molecule has 0 heterocycles. The highest BCUT2D eigenvalue weighted by Gasteiger charge is 2.33. The molecule has 0 aromatic heterocycles. The third-order valence-corrected chi connectivity index (χ3v) is 5.10. The number of nitrogens with zero attached hydrogens (tertiary/aromatic N) is 1. The number of carboxylic acids is 1. The molecule has 1 atom stereocenters. The van der Waals surface area contributed by atoms with Crippen molar-refractivity contribution in [3.05, 3.63) is 72.3 Å². The largest absolute Gasteiger partial charge is 0.480 e. The summed E-state index contributed by atoms with van der Waals surface area (Å²) >= 11 is 0. The van der Waals surface area contributed by atoms with Crippen molar-refractivity contribution < 1.29 is 29.0 Å². The Balaban J connectivity index is 1.69. The summed E-state index contributed by atoms with van der Waals surface area (Å²) in [5.41, 5.74) is 4.29. The minimum atomic E-state index is -1.39. The van der Waals surface area contributed by atoms with Gasteiger partial charge < -0.3 is 14.6 Å². The fraction of sp³-hybridized carbons (Fsp3) is 0.261. The summed E-state index contributed by atoms with van der Waals surface area (Å²) < 4.78 is 10.3. The first-order valence-corrected chi connectivity index (χ1v) is 9.51. The Morgan fingerprint density at radius 2 is 1.63 bits per heavy atom. The zero-order chi connectivity index (χ0) is 21.7. The Labute approximate surface area is 174 Å². The van der Waals surface area contributed by atoms with Gasteiger partial charge in [-0.2, -0.15) is 0 Å². The summed E-state index contributed by atoms with van der Waals surface area (Å²) in [7, 11) is 1.29. The third-order valence-electron chi connectivity index (χ3n) is 5.10. The van der Waals surface area contributed by atoms with Crippen molar-refractivity contribution in [2.24, 2.45) is 0 Å². The van der Waals surface area contributed by atoms with E-state index in [1.54, 1.807) is 0 Å². The van der Waals surface area contributed by atoms with Crippen molar-refractivity contribution in [2.75, 3.05) is 20.3 Å². The molecule has 2 aromatic rings. The van der Waals surface area contributed by atoms with Crippen molar-refractivity contribution in [3.8, 4) is 11.1 Å². The Kier molecular flexibility index (Phi) is 6.51. The highest BCUT2D eigenvalue weighted by Crippen LogP contribution is 2.44. The van der Waals surface area contributed by atoms with Crippen LogP contribution in [0, 0.1) is 0 Å². The Morgan fingerprint density at radius 1 is 1.07 bits per heavy atom. The van der Waals surface area contributed by atoms with Crippen LogP contribution in [0.25, 0.3) is 11.1 Å². The Hall–Kier alpha value is -3.61. The van der Waals surface area contributed by atoms with Gasteiger partial charge in [0.15, 0.2) is 0 Å². The van der Waals surface area contributed by atoms with Crippen LogP contribution in [0.5, 0.6) is 0 Å². The van der Waals surface area contributed by atoms with Crippen LogP contribution in [0.3, 0.4) is 0 Å². The molecule has 1 aliphatic carbocycles. The molecule has 0 spiro atoms. The molecule has 3 rings (SSSR count). The van der Waals surface area contributed by atoms with Crippen molar-refractivity contribution in [1.82, 2.24) is 4.90 Å². The molecule has 0 unspecified atom stereocenters. The number of ether oxygens (including phenoxy) is 2. The first-order valence-electron chi connectivity index (χ1n) is 9.51. The molecule has 30 heavy (non-hydrogen) atoms. The van der Waals surface area contributed by atoms with Crippen LogP contribution >= 0.6 is 0 Å². The smallest absolute Gasteiger partial charge is 0.410 e. The second-order valence-electron chi connectivity index (χ2n) is 6.94. The van der Waals surface area contributed by atoms with Crippen molar-refractivity contribution in [1.29, 1.82) is 0 Å². The summed E-state index contributed by atoms with van der Waals surface area (Å²) in [6.07, 6.45) is 0.0769. The van der Waals surface area contributed by atoms with Gasteiger partial charge >= 0.3 is 18.0 Å². The van der Waals surface area contributed by atoms with Gasteiger partial charge in [-0.15, -0.1) is 0 Å². The maximum atomic E-state index is 12.5. The summed E-state index contributed by atoms with van der Waals surface area (Å²) in [6.45, 7) is 3.46. The topological polar surface area (TPSA) is 93.1 Å². The average Bonchev–Trinajstić information content (AvgIpc) is 3.07. The van der Waals surface area contributed by atoms with E-state index >= 15 is 0 Å². The van der Waals surface area contributed by atoms with E-state index in [0.29, 0.717) is 0 Å². The summed E-state index contributed by atoms with van der Waals surface area (Å²) in [5.74, 6) is -2.20. The number of aliphatic carboxylic acids is 1. The van der Waals surface area contributed by atoms with Crippen LogP contribution in [-0.2, 0) is 19.1 Å². The lowest BCUT2D eigenvalue weighted by Gasteiger charge is -2.24. The lowest BCUT2D eigenvalue weighted by Crippen LogP contribution is -2.44. The number of carboxylic acid groups (broad SMARTS) is 1. The van der Waals surface area contributed by atoms with Crippen LogP contribution in [-0.4, -0.2) is 54.3 Å². The van der Waals surface area contributed by atoms with Crippen molar-refractivity contribution >= 4 is 18.0 Å². The second kappa shape index (κ2) is 9.26. The average molecular weight is 409 g/mol. The van der Waals surface area contributed by atoms with E-state index in [0.717, 1.165) is 27.2 Å². The fourth-order valence-corrected chi connectivity index (χ4v) is 3.58. The molecular formula is C23H23NO6. The molecule has 156 valence electrons. The van der Waals surface area contributed by atoms with E-state index in [1.807, 2.05) is 48.5 Å². The third kappa shape index (κ3) is 4.35. The van der Waals surface area contributed by atoms with E-state index in [4.69, 9.17) is 9.47 Å². The quantitative estimate of drug-likeness (QED) is 0.530. The highest BCUT2D eigenvalue weighted by molar-refractivity contribution is 5.85. The second-order valence-corrected chi connectivity index (χ2v) is 6.94. The lowest BCUT2D eigenvalue weighted by atomic mass is 9.98. The molecule has 1 N–H and O–H groups in total. The molecule has 0 saturated carbocycles. The van der Waals surface area contributed by atoms with Gasteiger partial charge in [-0.05, 0) is 22.3 Å². The zero-order valence-electron chi connectivity index (χ0n) is 16.6. The van der Waals surface area contributed by atoms with Crippen LogP contribution < -0.4 is 0 Å². The fourth-order valence-electron chi connectivity index (χ4n) is 3.58. The maximum absolute atomic E-state index is 12.5. The molecule has 0 fully saturated rings. The van der Waals surface area contributed by atoms with Crippen LogP contribution in [0.4, 0.5) is 4.79 Å². The van der Waals surface area contributed by atoms with Gasteiger partial charge in [0.05, 0.1) is 6.42 Å². The number of benzene rings is 2. The van der Waals surface area contributed by atoms with Gasteiger partial charge in [-0.3, -0.25) is 9.69 Å². The van der Waals surface area contributed by atoms with Gasteiger partial charge in [0, 0.05) is 13.0 Å². The van der Waals surface area contributed by atoms with E-state index in [9.17, 15) is 19.5 Å². The van der Waals surface area contributed by atoms with Crippen LogP contribution in [0.2, 0.25) is 0 Å². The number of esters is 1. The molecule has 0 radical (unpaired) electrons. The molecule has 2 aromatic carbocycles. The van der Waals surface area contributed by atoms with E-state index in [-0.39, 0.29) is 19.1 Å². The Bertz CT molecular complexity index is 924. The number of carbonyl (C=O) groups is 3. The van der Waals surface area contributed by atoms with Crippen LogP contribution in [0.15, 0.2) is 61.2 Å². The number of rotatable bonds is 8. The summed E-state index contributed by atoms with van der Waals surface area (Å²) in [4.78, 5) is 36.8. The van der Waals surface area contributed by atoms with E-state index in [2.05, 4.69) is 6.58 Å². The first kappa shape index (κ1) is 21.1. The number of fused-ring (bicyclic) bond motifs is 3. The standard InChI is InChI=1S/C23H23NO6/c1-3-12-29-21(25)13-20(22(26)27)24(2)23(28)30-14-19-17-10-6-4-8-15(17)16-9-5-7-11-18(16)19/h3-11,19-20H,1,12-14H2,2H3,(H,26,27)/t20-/m1/s1. The number of amides is 1. The molecule has 7 nitrogen and oxygen atoms in total. The highest BCUT2D eigenvalue weighted by atomic mass is 16.6. The monoisotopic (exact) mass is 409 g/mol. The number of likely N-dealkylation sites (N-methyl/N-ethyl adjacent to an activating group) is 1. The minimum absolute atomic E-state index is 0.0279. The predicted molar refractivity (Wildman–Crippen MR) is 110 cm³/mol. The molecule has 0 aliphatic heterocycles. The zero-order valence-corrected chi connectivity index (χ0v) is 16.6. The molecule has 0 bridgehead atoms. The molecular weight excluding hydrogens is 386 g/mol. The first-order chi connectivity index (χ1) is 14.4. The van der Waals surface area contributed by atoms with Gasteiger partial charge in [0.1, 0.15) is 19.3 Å². The van der Waals surface area contributed by atoms with Gasteiger partial charge in [-0.1, -0.05) is 61.2 Å². The summed E-state index contributed by atoms with van der Waals surface area (Å²) in [6, 6.07) is 14.4. The maximum Gasteiger partial charge on any atom is 0.410 e.